The highest BCUT2D eigenvalue weighted by atomic mass is 16.5. The van der Waals surface area contributed by atoms with Gasteiger partial charge in [0.15, 0.2) is 0 Å². The van der Waals surface area contributed by atoms with E-state index < -0.39 is 0 Å². The second-order valence-corrected chi connectivity index (χ2v) is 6.32. The Balaban J connectivity index is 1.38. The molecule has 7 nitrogen and oxygen atoms in total. The molecule has 0 bridgehead atoms. The zero-order valence-electron chi connectivity index (χ0n) is 15.3. The van der Waals surface area contributed by atoms with Crippen molar-refractivity contribution in [1.82, 2.24) is 9.97 Å². The Morgan fingerprint density at radius 3 is 2.63 bits per heavy atom. The van der Waals surface area contributed by atoms with Gasteiger partial charge in [0.25, 0.3) is 0 Å². The molecule has 3 aromatic rings. The lowest BCUT2D eigenvalue weighted by Crippen LogP contribution is -2.47. The molecule has 1 aliphatic heterocycles. The number of hydrogen-bond acceptors (Lipinski definition) is 7. The van der Waals surface area contributed by atoms with Crippen molar-refractivity contribution in [3.05, 3.63) is 60.7 Å². The summed E-state index contributed by atoms with van der Waals surface area (Å²) in [6.07, 6.45) is 3.46. The van der Waals surface area contributed by atoms with Gasteiger partial charge in [-0.2, -0.15) is 4.98 Å². The Hall–Kier alpha value is -3.22. The van der Waals surface area contributed by atoms with Crippen molar-refractivity contribution in [2.75, 3.05) is 48.4 Å². The van der Waals surface area contributed by atoms with Crippen LogP contribution in [-0.4, -0.2) is 43.3 Å². The van der Waals surface area contributed by atoms with Gasteiger partial charge < -0.3 is 24.3 Å². The number of nitrogens with zero attached hydrogens (tertiary/aromatic N) is 4. The average Bonchev–Trinajstić information content (AvgIpc) is 3.26. The van der Waals surface area contributed by atoms with Gasteiger partial charge in [0, 0.05) is 32.4 Å². The van der Waals surface area contributed by atoms with Crippen LogP contribution >= 0.6 is 0 Å². The maximum atomic E-state index is 5.49. The molecular formula is C20H23N5O2. The Kier molecular flexibility index (Phi) is 5.09. The van der Waals surface area contributed by atoms with E-state index in [-0.39, 0.29) is 0 Å². The van der Waals surface area contributed by atoms with Crippen LogP contribution in [0, 0.1) is 0 Å². The minimum Gasteiger partial charge on any atom is -0.495 e. The minimum absolute atomic E-state index is 0.602. The van der Waals surface area contributed by atoms with Crippen LogP contribution in [0.5, 0.6) is 5.75 Å². The van der Waals surface area contributed by atoms with Crippen LogP contribution in [0.1, 0.15) is 5.76 Å². The lowest BCUT2D eigenvalue weighted by Gasteiger charge is -2.36. The number of methoxy groups -OCH3 is 1. The summed E-state index contributed by atoms with van der Waals surface area (Å²) in [5.74, 6) is 3.33. The van der Waals surface area contributed by atoms with E-state index >= 15 is 0 Å². The van der Waals surface area contributed by atoms with Gasteiger partial charge in [-0.3, -0.25) is 0 Å². The zero-order chi connectivity index (χ0) is 18.5. The van der Waals surface area contributed by atoms with Gasteiger partial charge in [-0.25, -0.2) is 4.98 Å². The van der Waals surface area contributed by atoms with Crippen LogP contribution in [0.25, 0.3) is 0 Å². The molecule has 0 radical (unpaired) electrons. The number of para-hydroxylation sites is 2. The van der Waals surface area contributed by atoms with E-state index in [4.69, 9.17) is 9.15 Å². The number of ether oxygens (including phenoxy) is 1. The van der Waals surface area contributed by atoms with Crippen molar-refractivity contribution in [1.29, 1.82) is 0 Å². The molecule has 1 N–H and O–H groups in total. The summed E-state index contributed by atoms with van der Waals surface area (Å²) in [7, 11) is 1.71. The van der Waals surface area contributed by atoms with Gasteiger partial charge in [-0.15, -0.1) is 0 Å². The van der Waals surface area contributed by atoms with Crippen LogP contribution in [0.15, 0.2) is 59.3 Å². The van der Waals surface area contributed by atoms with Crippen molar-refractivity contribution >= 4 is 17.5 Å². The quantitative estimate of drug-likeness (QED) is 0.720. The fourth-order valence-corrected chi connectivity index (χ4v) is 3.23. The number of anilines is 3. The first-order chi connectivity index (χ1) is 13.3. The summed E-state index contributed by atoms with van der Waals surface area (Å²) in [6.45, 7) is 4.12. The molecule has 1 saturated heterocycles. The highest BCUT2D eigenvalue weighted by molar-refractivity contribution is 5.59. The summed E-state index contributed by atoms with van der Waals surface area (Å²) in [5.41, 5.74) is 1.13. The SMILES string of the molecule is COc1ccccc1N1CCN(c2nccc(NCc3ccco3)n2)CC1. The highest BCUT2D eigenvalue weighted by Gasteiger charge is 2.21. The first-order valence-electron chi connectivity index (χ1n) is 9.06. The fraction of sp³-hybridized carbons (Fsp3) is 0.300. The van der Waals surface area contributed by atoms with Crippen LogP contribution in [0.2, 0.25) is 0 Å². The molecule has 1 aliphatic rings. The molecule has 0 amide bonds. The Morgan fingerprint density at radius 2 is 1.85 bits per heavy atom. The molecule has 27 heavy (non-hydrogen) atoms. The van der Waals surface area contributed by atoms with Gasteiger partial charge in [-0.05, 0) is 30.3 Å². The number of rotatable bonds is 6. The summed E-state index contributed by atoms with van der Waals surface area (Å²) in [4.78, 5) is 13.6. The number of furan rings is 1. The molecule has 7 heteroatoms. The van der Waals surface area contributed by atoms with E-state index in [0.717, 1.165) is 55.1 Å². The van der Waals surface area contributed by atoms with Gasteiger partial charge >= 0.3 is 0 Å². The lowest BCUT2D eigenvalue weighted by molar-refractivity contribution is 0.413. The molecular weight excluding hydrogens is 342 g/mol. The predicted molar refractivity (Wildman–Crippen MR) is 105 cm³/mol. The molecule has 3 heterocycles. The van der Waals surface area contributed by atoms with Gasteiger partial charge in [-0.1, -0.05) is 12.1 Å². The Labute approximate surface area is 158 Å². The van der Waals surface area contributed by atoms with E-state index in [9.17, 15) is 0 Å². The third kappa shape index (κ3) is 3.97. The summed E-state index contributed by atoms with van der Waals surface area (Å²) < 4.78 is 10.8. The molecule has 1 aromatic carbocycles. The van der Waals surface area contributed by atoms with Gasteiger partial charge in [0.2, 0.25) is 5.95 Å². The normalized spacial score (nSPS) is 14.3. The largest absolute Gasteiger partial charge is 0.495 e. The number of hydrogen-bond donors (Lipinski definition) is 1. The highest BCUT2D eigenvalue weighted by Crippen LogP contribution is 2.28. The first kappa shape index (κ1) is 17.2. The maximum Gasteiger partial charge on any atom is 0.227 e. The third-order valence-corrected chi connectivity index (χ3v) is 4.66. The molecule has 2 aromatic heterocycles. The van der Waals surface area contributed by atoms with Crippen molar-refractivity contribution in [2.24, 2.45) is 0 Å². The summed E-state index contributed by atoms with van der Waals surface area (Å²) >= 11 is 0. The number of nitrogens with one attached hydrogen (secondary N) is 1. The van der Waals surface area contributed by atoms with E-state index in [0.29, 0.717) is 6.54 Å². The van der Waals surface area contributed by atoms with Crippen molar-refractivity contribution in [3.8, 4) is 5.75 Å². The number of benzene rings is 1. The standard InChI is InChI=1S/C20H23N5O2/c1-26-18-7-3-2-6-17(18)24-10-12-25(13-11-24)20-21-9-8-19(23-20)22-15-16-5-4-14-27-16/h2-9,14H,10-13,15H2,1H3,(H,21,22,23). The molecule has 0 saturated carbocycles. The second kappa shape index (κ2) is 7.99. The van der Waals surface area contributed by atoms with Crippen molar-refractivity contribution in [2.45, 2.75) is 6.54 Å². The Morgan fingerprint density at radius 1 is 1.04 bits per heavy atom. The van der Waals surface area contributed by atoms with Gasteiger partial charge in [0.05, 0.1) is 25.6 Å². The average molecular weight is 365 g/mol. The molecule has 0 spiro atoms. The van der Waals surface area contributed by atoms with E-state index in [1.165, 1.54) is 0 Å². The third-order valence-electron chi connectivity index (χ3n) is 4.66. The van der Waals surface area contributed by atoms with Crippen LogP contribution in [0.3, 0.4) is 0 Å². The smallest absolute Gasteiger partial charge is 0.227 e. The second-order valence-electron chi connectivity index (χ2n) is 6.32. The van der Waals surface area contributed by atoms with Gasteiger partial charge in [0.1, 0.15) is 17.3 Å². The molecule has 0 atom stereocenters. The van der Waals surface area contributed by atoms with E-state index in [1.54, 1.807) is 19.6 Å². The van der Waals surface area contributed by atoms with Crippen molar-refractivity contribution in [3.63, 3.8) is 0 Å². The molecule has 4 rings (SSSR count). The molecule has 0 unspecified atom stereocenters. The van der Waals surface area contributed by atoms with E-state index in [1.807, 2.05) is 36.4 Å². The zero-order valence-corrected chi connectivity index (χ0v) is 15.3. The minimum atomic E-state index is 0.602. The summed E-state index contributed by atoms with van der Waals surface area (Å²) in [5, 5.41) is 3.28. The maximum absolute atomic E-state index is 5.49. The monoisotopic (exact) mass is 365 g/mol. The Bertz CT molecular complexity index is 860. The molecule has 140 valence electrons. The molecule has 1 fully saturated rings. The van der Waals surface area contributed by atoms with Crippen LogP contribution in [-0.2, 0) is 6.54 Å². The van der Waals surface area contributed by atoms with E-state index in [2.05, 4.69) is 31.2 Å². The van der Waals surface area contributed by atoms with Crippen LogP contribution < -0.4 is 19.9 Å². The summed E-state index contributed by atoms with van der Waals surface area (Å²) in [6, 6.07) is 13.8. The topological polar surface area (TPSA) is 66.7 Å². The lowest BCUT2D eigenvalue weighted by atomic mass is 10.2. The van der Waals surface area contributed by atoms with Crippen LogP contribution in [0.4, 0.5) is 17.5 Å². The van der Waals surface area contributed by atoms with Crippen molar-refractivity contribution < 1.29 is 9.15 Å². The molecule has 0 aliphatic carbocycles. The fourth-order valence-electron chi connectivity index (χ4n) is 3.23. The predicted octanol–water partition coefficient (Wildman–Crippen LogP) is 3.02. The number of piperazine rings is 1. The number of aromatic nitrogens is 2. The first-order valence-corrected chi connectivity index (χ1v) is 9.06.